The van der Waals surface area contributed by atoms with Crippen molar-refractivity contribution in [3.8, 4) is 16.9 Å². The number of rotatable bonds is 6. The summed E-state index contributed by atoms with van der Waals surface area (Å²) in [6.07, 6.45) is -0.512. The summed E-state index contributed by atoms with van der Waals surface area (Å²) in [5.41, 5.74) is 6.85. The Kier molecular flexibility index (Phi) is 7.15. The van der Waals surface area contributed by atoms with Crippen molar-refractivity contribution >= 4 is 28.9 Å². The number of imidazole rings is 1. The predicted octanol–water partition coefficient (Wildman–Crippen LogP) is 4.91. The zero-order valence-electron chi connectivity index (χ0n) is 20.6. The van der Waals surface area contributed by atoms with Crippen molar-refractivity contribution in [2.24, 2.45) is 0 Å². The lowest BCUT2D eigenvalue weighted by molar-refractivity contribution is -0.147. The molecule has 0 saturated carbocycles. The molecule has 0 bridgehead atoms. The van der Waals surface area contributed by atoms with Gasteiger partial charge in [0.1, 0.15) is 12.4 Å². The summed E-state index contributed by atoms with van der Waals surface area (Å²) in [7, 11) is 0. The summed E-state index contributed by atoms with van der Waals surface area (Å²) in [5, 5.41) is 4.57. The Bertz CT molecular complexity index is 1710. The molecule has 0 fully saturated rings. The van der Waals surface area contributed by atoms with Gasteiger partial charge in [0.2, 0.25) is 5.82 Å². The molecule has 5 rings (SSSR count). The summed E-state index contributed by atoms with van der Waals surface area (Å²) in [6.45, 7) is -0.724. The molecule has 2 aromatic heterocycles. The number of hydrogen-bond donors (Lipinski definition) is 2. The van der Waals surface area contributed by atoms with Gasteiger partial charge in [-0.2, -0.15) is 18.3 Å². The zero-order valence-corrected chi connectivity index (χ0v) is 20.6. The number of hydrazine groups is 1. The minimum atomic E-state index is -4.78. The van der Waals surface area contributed by atoms with E-state index in [-0.39, 0.29) is 11.0 Å². The van der Waals surface area contributed by atoms with Crippen molar-refractivity contribution < 1.29 is 27.2 Å². The Morgan fingerprint density at radius 1 is 0.900 bits per heavy atom. The van der Waals surface area contributed by atoms with Crippen LogP contribution in [-0.4, -0.2) is 31.1 Å². The number of fused-ring (bicyclic) bond motifs is 1. The maximum absolute atomic E-state index is 13.5. The van der Waals surface area contributed by atoms with Crippen LogP contribution < -0.4 is 10.9 Å². The molecule has 12 heteroatoms. The smallest absolute Gasteiger partial charge is 0.311 e. The van der Waals surface area contributed by atoms with Gasteiger partial charge in [0.15, 0.2) is 0 Å². The Balaban J connectivity index is 1.31. The van der Waals surface area contributed by atoms with E-state index < -0.39 is 36.2 Å². The second kappa shape index (κ2) is 10.8. The Morgan fingerprint density at radius 2 is 1.60 bits per heavy atom. The van der Waals surface area contributed by atoms with E-state index in [2.05, 4.69) is 20.9 Å². The lowest BCUT2D eigenvalue weighted by Gasteiger charge is -2.11. The second-order valence-electron chi connectivity index (χ2n) is 8.60. The molecule has 0 saturated heterocycles. The molecule has 3 aromatic carbocycles. The van der Waals surface area contributed by atoms with Gasteiger partial charge < -0.3 is 4.57 Å². The summed E-state index contributed by atoms with van der Waals surface area (Å²) in [4.78, 5) is 28.5. The molecule has 0 aliphatic carbocycles. The Labute approximate surface area is 224 Å². The fourth-order valence-electron chi connectivity index (χ4n) is 4.03. The number of alkyl halides is 3. The number of nitrogens with one attached hydrogen (secondary N) is 2. The molecule has 2 N–H and O–H groups in total. The summed E-state index contributed by atoms with van der Waals surface area (Å²) in [6, 6.07) is 20.8. The molecule has 0 atom stereocenters. The molecule has 0 radical (unpaired) electrons. The van der Waals surface area contributed by atoms with E-state index in [0.717, 1.165) is 16.3 Å². The lowest BCUT2D eigenvalue weighted by Crippen LogP contribution is -2.42. The molecule has 0 aliphatic rings. The molecule has 0 unspecified atom stereocenters. The molecule has 2 heterocycles. The highest BCUT2D eigenvalue weighted by atomic mass is 19.4. The highest BCUT2D eigenvalue weighted by molar-refractivity contribution is 5.94. The summed E-state index contributed by atoms with van der Waals surface area (Å²) >= 11 is 0. The van der Waals surface area contributed by atoms with Gasteiger partial charge in [-0.05, 0) is 54.6 Å². The average molecular weight is 549 g/mol. The van der Waals surface area contributed by atoms with Gasteiger partial charge in [-0.15, -0.1) is 0 Å². The largest absolute Gasteiger partial charge is 0.449 e. The minimum absolute atomic E-state index is 0.0857. The zero-order chi connectivity index (χ0) is 28.3. The SMILES string of the molecule is O=C(C=Cc1cn(-c2ccccc2)nc1-c1ccc(F)cc1)NNC(=O)Cn1c(C(F)(F)F)nc2ccccc21. The third-order valence-corrected chi connectivity index (χ3v) is 5.83. The van der Waals surface area contributed by atoms with Gasteiger partial charge in [-0.1, -0.05) is 30.3 Å². The molecular formula is C28H20F4N6O2. The summed E-state index contributed by atoms with van der Waals surface area (Å²) < 4.78 is 56.2. The number of halogens is 4. The van der Waals surface area contributed by atoms with Crippen LogP contribution in [0.3, 0.4) is 0 Å². The van der Waals surface area contributed by atoms with E-state index in [1.54, 1.807) is 23.0 Å². The van der Waals surface area contributed by atoms with E-state index in [0.29, 0.717) is 16.8 Å². The number of hydrogen-bond acceptors (Lipinski definition) is 4. The van der Waals surface area contributed by atoms with Crippen LogP contribution in [0, 0.1) is 5.82 Å². The van der Waals surface area contributed by atoms with Crippen molar-refractivity contribution in [2.75, 3.05) is 0 Å². The van der Waals surface area contributed by atoms with Crippen LogP contribution in [0.4, 0.5) is 17.6 Å². The van der Waals surface area contributed by atoms with Crippen molar-refractivity contribution in [3.05, 3.63) is 108 Å². The van der Waals surface area contributed by atoms with Gasteiger partial charge in [0.25, 0.3) is 11.8 Å². The van der Waals surface area contributed by atoms with Gasteiger partial charge >= 0.3 is 6.18 Å². The van der Waals surface area contributed by atoms with Crippen molar-refractivity contribution in [1.82, 2.24) is 30.2 Å². The number of carbonyl (C=O) groups is 2. The van der Waals surface area contributed by atoms with Gasteiger partial charge in [-0.3, -0.25) is 20.4 Å². The quantitative estimate of drug-likeness (QED) is 0.179. The van der Waals surface area contributed by atoms with E-state index in [1.807, 2.05) is 30.3 Å². The predicted molar refractivity (Wildman–Crippen MR) is 139 cm³/mol. The van der Waals surface area contributed by atoms with Gasteiger partial charge in [0, 0.05) is 23.4 Å². The molecule has 40 heavy (non-hydrogen) atoms. The van der Waals surface area contributed by atoms with Gasteiger partial charge in [-0.25, -0.2) is 14.1 Å². The number of carbonyl (C=O) groups excluding carboxylic acids is 2. The van der Waals surface area contributed by atoms with E-state index in [9.17, 15) is 27.2 Å². The molecular weight excluding hydrogens is 528 g/mol. The first-order chi connectivity index (χ1) is 19.2. The van der Waals surface area contributed by atoms with E-state index in [1.165, 1.54) is 42.5 Å². The number of aromatic nitrogens is 4. The maximum atomic E-state index is 13.5. The van der Waals surface area contributed by atoms with Crippen LogP contribution >= 0.6 is 0 Å². The van der Waals surface area contributed by atoms with Gasteiger partial charge in [0.05, 0.1) is 22.4 Å². The monoisotopic (exact) mass is 548 g/mol. The Hall–Kier alpha value is -5.26. The van der Waals surface area contributed by atoms with E-state index >= 15 is 0 Å². The first-order valence-corrected chi connectivity index (χ1v) is 11.9. The van der Waals surface area contributed by atoms with Crippen LogP contribution in [0.1, 0.15) is 11.4 Å². The third kappa shape index (κ3) is 5.75. The molecule has 0 aliphatic heterocycles. The molecule has 5 aromatic rings. The van der Waals surface area contributed by atoms with Crippen LogP contribution in [0.2, 0.25) is 0 Å². The number of amides is 2. The highest BCUT2D eigenvalue weighted by Gasteiger charge is 2.38. The topological polar surface area (TPSA) is 93.8 Å². The van der Waals surface area contributed by atoms with Crippen LogP contribution in [0.5, 0.6) is 0 Å². The normalized spacial score (nSPS) is 11.7. The van der Waals surface area contributed by atoms with Crippen LogP contribution in [0.25, 0.3) is 34.1 Å². The summed E-state index contributed by atoms with van der Waals surface area (Å²) in [5.74, 6) is -3.26. The lowest BCUT2D eigenvalue weighted by atomic mass is 10.1. The standard InChI is InChI=1S/C28H20F4N6O2/c29-20-13-10-18(11-14-20)26-19(16-38(36-26)21-6-2-1-3-7-21)12-15-24(39)34-35-25(40)17-37-23-9-5-4-8-22(23)33-27(37)28(30,31)32/h1-16H,17H2,(H,34,39)(H,35,40). The molecule has 202 valence electrons. The highest BCUT2D eigenvalue weighted by Crippen LogP contribution is 2.31. The van der Waals surface area contributed by atoms with Crippen molar-refractivity contribution in [1.29, 1.82) is 0 Å². The second-order valence-corrected chi connectivity index (χ2v) is 8.60. The first kappa shape index (κ1) is 26.4. The fourth-order valence-corrected chi connectivity index (χ4v) is 4.03. The Morgan fingerprint density at radius 3 is 2.33 bits per heavy atom. The van der Waals surface area contributed by atoms with Crippen molar-refractivity contribution in [2.45, 2.75) is 12.7 Å². The van der Waals surface area contributed by atoms with E-state index in [4.69, 9.17) is 0 Å². The number of benzene rings is 3. The average Bonchev–Trinajstić information content (AvgIpc) is 3.54. The fraction of sp³-hybridized carbons (Fsp3) is 0.0714. The van der Waals surface area contributed by atoms with Crippen molar-refractivity contribution in [3.63, 3.8) is 0 Å². The molecule has 0 spiro atoms. The number of para-hydroxylation sites is 3. The maximum Gasteiger partial charge on any atom is 0.449 e. The third-order valence-electron chi connectivity index (χ3n) is 5.83. The minimum Gasteiger partial charge on any atom is -0.311 e. The van der Waals surface area contributed by atoms with Crippen LogP contribution in [-0.2, 0) is 22.3 Å². The number of nitrogens with zero attached hydrogens (tertiary/aromatic N) is 4. The van der Waals surface area contributed by atoms with Crippen LogP contribution in [0.15, 0.2) is 91.1 Å². The molecule has 2 amide bonds. The first-order valence-electron chi connectivity index (χ1n) is 11.9. The molecule has 8 nitrogen and oxygen atoms in total.